The van der Waals surface area contributed by atoms with Gasteiger partial charge in [0.1, 0.15) is 0 Å². The van der Waals surface area contributed by atoms with E-state index in [4.69, 9.17) is 5.73 Å². The molecule has 1 heterocycles. The van der Waals surface area contributed by atoms with Crippen LogP contribution in [0.15, 0.2) is 18.2 Å². The van der Waals surface area contributed by atoms with E-state index in [1.165, 1.54) is 16.0 Å². The maximum atomic E-state index is 5.77. The van der Waals surface area contributed by atoms with Crippen LogP contribution < -0.4 is 5.73 Å². The Morgan fingerprint density at radius 3 is 3.21 bits per heavy atom. The van der Waals surface area contributed by atoms with Gasteiger partial charge in [-0.05, 0) is 30.5 Å². The van der Waals surface area contributed by atoms with E-state index in [2.05, 4.69) is 16.6 Å². The molecule has 0 fully saturated rings. The zero-order chi connectivity index (χ0) is 9.54. The number of rotatable bonds is 0. The van der Waals surface area contributed by atoms with E-state index in [0.717, 1.165) is 24.2 Å². The molecular weight excluding hydrogens is 192 g/mol. The molecule has 0 bridgehead atoms. The molecule has 0 aliphatic heterocycles. The van der Waals surface area contributed by atoms with E-state index in [1.54, 1.807) is 11.3 Å². The zero-order valence-electron chi connectivity index (χ0n) is 7.58. The summed E-state index contributed by atoms with van der Waals surface area (Å²) in [6, 6.07) is 6.08. The standard InChI is InChI=1S/C11H9N2S/c12-8-3-1-7-2-4-10-11(9(7)5-8)13-6-14-10/h1,3,5H,2,4,12H2. The molecule has 0 saturated heterocycles. The molecule has 0 unspecified atom stereocenters. The molecule has 69 valence electrons. The van der Waals surface area contributed by atoms with Crippen molar-refractivity contribution in [3.8, 4) is 11.3 Å². The van der Waals surface area contributed by atoms with Crippen molar-refractivity contribution < 1.29 is 0 Å². The molecule has 0 saturated carbocycles. The number of thiazole rings is 1. The number of nitrogens with zero attached hydrogens (tertiary/aromatic N) is 1. The molecule has 1 aliphatic carbocycles. The maximum absolute atomic E-state index is 5.77. The first-order chi connectivity index (χ1) is 6.84. The molecule has 2 N–H and O–H groups in total. The minimum absolute atomic E-state index is 0.810. The lowest BCUT2D eigenvalue weighted by atomic mass is 9.93. The van der Waals surface area contributed by atoms with E-state index < -0.39 is 0 Å². The first-order valence-corrected chi connectivity index (χ1v) is 5.41. The summed E-state index contributed by atoms with van der Waals surface area (Å²) in [5.74, 6) is 0. The smallest absolute Gasteiger partial charge is 0.153 e. The fourth-order valence-corrected chi connectivity index (χ4v) is 2.60. The fraction of sp³-hybridized carbons (Fsp3) is 0.182. The van der Waals surface area contributed by atoms with Crippen molar-refractivity contribution in [1.82, 2.24) is 4.98 Å². The Kier molecular flexibility index (Phi) is 1.61. The van der Waals surface area contributed by atoms with Crippen LogP contribution >= 0.6 is 11.3 Å². The molecule has 1 aliphatic rings. The van der Waals surface area contributed by atoms with E-state index in [1.807, 2.05) is 12.1 Å². The molecule has 2 aromatic rings. The van der Waals surface area contributed by atoms with Crippen molar-refractivity contribution in [2.24, 2.45) is 0 Å². The largest absolute Gasteiger partial charge is 0.399 e. The van der Waals surface area contributed by atoms with Gasteiger partial charge in [-0.3, -0.25) is 0 Å². The number of benzene rings is 1. The summed E-state index contributed by atoms with van der Waals surface area (Å²) in [4.78, 5) is 5.61. The SMILES string of the molecule is Nc1ccc2c(c1)-c1n[c]sc1CC2. The second kappa shape index (κ2) is 2.82. The van der Waals surface area contributed by atoms with Crippen molar-refractivity contribution >= 4 is 17.0 Å². The van der Waals surface area contributed by atoms with Crippen molar-refractivity contribution in [3.63, 3.8) is 0 Å². The number of anilines is 1. The highest BCUT2D eigenvalue weighted by Crippen LogP contribution is 2.35. The summed E-state index contributed by atoms with van der Waals surface area (Å²) in [5.41, 5.74) is 13.2. The van der Waals surface area contributed by atoms with Crippen LogP contribution in [0.3, 0.4) is 0 Å². The Bertz CT molecular complexity index is 488. The molecule has 0 atom stereocenters. The number of nitrogen functional groups attached to an aromatic ring is 1. The van der Waals surface area contributed by atoms with E-state index in [-0.39, 0.29) is 0 Å². The van der Waals surface area contributed by atoms with E-state index in [9.17, 15) is 0 Å². The van der Waals surface area contributed by atoms with Crippen LogP contribution in [0.4, 0.5) is 5.69 Å². The topological polar surface area (TPSA) is 38.9 Å². The third-order valence-corrected chi connectivity index (χ3v) is 3.43. The summed E-state index contributed by atoms with van der Waals surface area (Å²) >= 11 is 1.62. The second-order valence-corrected chi connectivity index (χ2v) is 4.37. The van der Waals surface area contributed by atoms with Crippen molar-refractivity contribution in [2.75, 3.05) is 5.73 Å². The Morgan fingerprint density at radius 1 is 1.36 bits per heavy atom. The summed E-state index contributed by atoms with van der Waals surface area (Å²) < 4.78 is 0. The minimum Gasteiger partial charge on any atom is -0.399 e. The molecule has 3 heteroatoms. The monoisotopic (exact) mass is 201 g/mol. The molecule has 1 aromatic carbocycles. The number of nitrogens with two attached hydrogens (primary N) is 1. The number of hydrogen-bond acceptors (Lipinski definition) is 3. The van der Waals surface area contributed by atoms with Gasteiger partial charge in [0.05, 0.1) is 5.69 Å². The lowest BCUT2D eigenvalue weighted by Gasteiger charge is -2.15. The molecule has 14 heavy (non-hydrogen) atoms. The highest BCUT2D eigenvalue weighted by atomic mass is 32.1. The van der Waals surface area contributed by atoms with Gasteiger partial charge in [0.2, 0.25) is 0 Å². The third kappa shape index (κ3) is 1.06. The molecule has 1 radical (unpaired) electrons. The highest BCUT2D eigenvalue weighted by Gasteiger charge is 2.18. The number of aromatic nitrogens is 1. The molecule has 0 spiro atoms. The van der Waals surface area contributed by atoms with Crippen molar-refractivity contribution in [3.05, 3.63) is 34.2 Å². The van der Waals surface area contributed by atoms with Crippen LogP contribution in [0.25, 0.3) is 11.3 Å². The summed E-state index contributed by atoms with van der Waals surface area (Å²) in [6.07, 6.45) is 2.19. The van der Waals surface area contributed by atoms with E-state index >= 15 is 0 Å². The molecular formula is C11H9N2S. The summed E-state index contributed by atoms with van der Waals surface area (Å²) in [7, 11) is 0. The van der Waals surface area contributed by atoms with Gasteiger partial charge >= 0.3 is 0 Å². The van der Waals surface area contributed by atoms with Crippen molar-refractivity contribution in [1.29, 1.82) is 0 Å². The lowest BCUT2D eigenvalue weighted by molar-refractivity contribution is 0.955. The van der Waals surface area contributed by atoms with Gasteiger partial charge in [-0.1, -0.05) is 6.07 Å². The van der Waals surface area contributed by atoms with Gasteiger partial charge in [-0.15, -0.1) is 11.3 Å². The summed E-state index contributed by atoms with van der Waals surface area (Å²) in [5, 5.41) is 0. The summed E-state index contributed by atoms with van der Waals surface area (Å²) in [6.45, 7) is 0. The Balaban J connectivity index is 2.28. The molecule has 0 amide bonds. The van der Waals surface area contributed by atoms with Gasteiger partial charge in [0.25, 0.3) is 0 Å². The third-order valence-electron chi connectivity index (χ3n) is 2.60. The van der Waals surface area contributed by atoms with Crippen LogP contribution in [-0.4, -0.2) is 4.98 Å². The number of aryl methyl sites for hydroxylation is 2. The normalized spacial score (nSPS) is 13.4. The van der Waals surface area contributed by atoms with Crippen LogP contribution in [0.1, 0.15) is 10.4 Å². The van der Waals surface area contributed by atoms with Gasteiger partial charge in [0.15, 0.2) is 5.51 Å². The van der Waals surface area contributed by atoms with Crippen LogP contribution in [0.2, 0.25) is 0 Å². The average Bonchev–Trinajstić information content (AvgIpc) is 2.65. The van der Waals surface area contributed by atoms with Crippen LogP contribution in [0.5, 0.6) is 0 Å². The van der Waals surface area contributed by atoms with Gasteiger partial charge in [-0.25, -0.2) is 4.98 Å². The molecule has 1 aromatic heterocycles. The average molecular weight is 201 g/mol. The predicted molar refractivity (Wildman–Crippen MR) is 58.2 cm³/mol. The van der Waals surface area contributed by atoms with Crippen molar-refractivity contribution in [2.45, 2.75) is 12.8 Å². The fourth-order valence-electron chi connectivity index (χ4n) is 1.89. The zero-order valence-corrected chi connectivity index (χ0v) is 8.40. The number of fused-ring (bicyclic) bond motifs is 3. The quantitative estimate of drug-likeness (QED) is 0.664. The molecule has 3 rings (SSSR count). The van der Waals surface area contributed by atoms with Gasteiger partial charge < -0.3 is 5.73 Å². The Morgan fingerprint density at radius 2 is 2.29 bits per heavy atom. The Hall–Kier alpha value is -1.35. The first-order valence-electron chi connectivity index (χ1n) is 4.59. The number of hydrogen-bond donors (Lipinski definition) is 1. The molecule has 2 nitrogen and oxygen atoms in total. The van der Waals surface area contributed by atoms with Crippen LogP contribution in [-0.2, 0) is 12.8 Å². The Labute approximate surface area is 86.4 Å². The highest BCUT2D eigenvalue weighted by molar-refractivity contribution is 7.09. The van der Waals surface area contributed by atoms with Gasteiger partial charge in [-0.2, -0.15) is 0 Å². The van der Waals surface area contributed by atoms with E-state index in [0.29, 0.717) is 0 Å². The second-order valence-electron chi connectivity index (χ2n) is 3.49. The first kappa shape index (κ1) is 8.00. The minimum atomic E-state index is 0.810. The predicted octanol–water partition coefficient (Wildman–Crippen LogP) is 2.29. The van der Waals surface area contributed by atoms with Crippen LogP contribution in [0, 0.1) is 5.51 Å². The van der Waals surface area contributed by atoms with Gasteiger partial charge in [0, 0.05) is 16.1 Å². The lowest BCUT2D eigenvalue weighted by Crippen LogP contribution is -2.02. The maximum Gasteiger partial charge on any atom is 0.153 e.